The van der Waals surface area contributed by atoms with Crippen molar-refractivity contribution in [1.82, 2.24) is 0 Å². The van der Waals surface area contributed by atoms with Gasteiger partial charge in [-0.25, -0.2) is 4.79 Å². The highest BCUT2D eigenvalue weighted by atomic mass is 16.7. The fraction of sp³-hybridized carbons (Fsp3) is 0.882. The molecule has 0 heterocycles. The summed E-state index contributed by atoms with van der Waals surface area (Å²) in [7, 11) is 0. The minimum absolute atomic E-state index is 0.0106. The number of esters is 1. The fourth-order valence-corrected chi connectivity index (χ4v) is 1.31. The third-order valence-corrected chi connectivity index (χ3v) is 3.83. The van der Waals surface area contributed by atoms with Crippen LogP contribution in [0, 0.1) is 5.41 Å². The van der Waals surface area contributed by atoms with E-state index in [1.807, 2.05) is 41.5 Å². The van der Waals surface area contributed by atoms with E-state index in [1.165, 1.54) is 0 Å². The van der Waals surface area contributed by atoms with Gasteiger partial charge in [0.15, 0.2) is 0 Å². The first-order chi connectivity index (χ1) is 10.5. The van der Waals surface area contributed by atoms with E-state index in [-0.39, 0.29) is 24.8 Å². The van der Waals surface area contributed by atoms with Crippen LogP contribution in [0.3, 0.4) is 0 Å². The topological polar surface area (TPSA) is 71.1 Å². The summed E-state index contributed by atoms with van der Waals surface area (Å²) in [5, 5.41) is 0. The zero-order valence-electron chi connectivity index (χ0n) is 15.6. The lowest BCUT2D eigenvalue weighted by molar-refractivity contribution is -0.157. The molecule has 0 saturated heterocycles. The second-order valence-corrected chi connectivity index (χ2v) is 6.82. The lowest BCUT2D eigenvalue weighted by Crippen LogP contribution is -2.30. The van der Waals surface area contributed by atoms with E-state index in [9.17, 15) is 9.59 Å². The SMILES string of the molecule is CCC(C)(C)OCCOC(=O)OC(C)COC(=O)C(C)(C)CC. The van der Waals surface area contributed by atoms with Gasteiger partial charge in [-0.3, -0.25) is 4.79 Å². The van der Waals surface area contributed by atoms with Crippen LogP contribution in [0.4, 0.5) is 4.79 Å². The molecule has 23 heavy (non-hydrogen) atoms. The normalized spacial score (nSPS) is 13.3. The molecule has 0 aromatic heterocycles. The summed E-state index contributed by atoms with van der Waals surface area (Å²) in [5.41, 5.74) is -0.773. The Balaban J connectivity index is 3.92. The number of hydrogen-bond donors (Lipinski definition) is 0. The zero-order valence-corrected chi connectivity index (χ0v) is 15.6. The van der Waals surface area contributed by atoms with Crippen molar-refractivity contribution in [3.63, 3.8) is 0 Å². The van der Waals surface area contributed by atoms with Crippen LogP contribution in [0.15, 0.2) is 0 Å². The minimum atomic E-state index is -0.791. The summed E-state index contributed by atoms with van der Waals surface area (Å²) in [4.78, 5) is 23.3. The highest BCUT2D eigenvalue weighted by Gasteiger charge is 2.27. The van der Waals surface area contributed by atoms with E-state index in [1.54, 1.807) is 6.92 Å². The van der Waals surface area contributed by atoms with E-state index in [2.05, 4.69) is 0 Å². The Morgan fingerprint density at radius 2 is 1.57 bits per heavy atom. The molecule has 6 nitrogen and oxygen atoms in total. The average molecular weight is 332 g/mol. The minimum Gasteiger partial charge on any atom is -0.461 e. The van der Waals surface area contributed by atoms with Crippen LogP contribution >= 0.6 is 0 Å². The molecule has 0 fully saturated rings. The van der Waals surface area contributed by atoms with Crippen molar-refractivity contribution in [3.05, 3.63) is 0 Å². The van der Waals surface area contributed by atoms with Crippen molar-refractivity contribution >= 4 is 12.1 Å². The molecule has 136 valence electrons. The lowest BCUT2D eigenvalue weighted by atomic mass is 9.91. The van der Waals surface area contributed by atoms with E-state index in [4.69, 9.17) is 18.9 Å². The van der Waals surface area contributed by atoms with Crippen molar-refractivity contribution in [2.75, 3.05) is 19.8 Å². The van der Waals surface area contributed by atoms with Crippen molar-refractivity contribution in [3.8, 4) is 0 Å². The van der Waals surface area contributed by atoms with Gasteiger partial charge in [0.1, 0.15) is 19.3 Å². The first-order valence-corrected chi connectivity index (χ1v) is 8.18. The van der Waals surface area contributed by atoms with Crippen molar-refractivity contribution in [2.45, 2.75) is 73.0 Å². The second-order valence-electron chi connectivity index (χ2n) is 6.82. The van der Waals surface area contributed by atoms with Crippen LogP contribution in [0.1, 0.15) is 61.3 Å². The highest BCUT2D eigenvalue weighted by molar-refractivity contribution is 5.75. The quantitative estimate of drug-likeness (QED) is 0.448. The molecule has 0 saturated carbocycles. The Labute approximate surface area is 139 Å². The molecule has 0 aromatic rings. The van der Waals surface area contributed by atoms with Gasteiger partial charge in [0.25, 0.3) is 0 Å². The first kappa shape index (κ1) is 21.7. The van der Waals surface area contributed by atoms with Gasteiger partial charge >= 0.3 is 12.1 Å². The zero-order chi connectivity index (χ0) is 18.1. The Morgan fingerprint density at radius 1 is 0.957 bits per heavy atom. The van der Waals surface area contributed by atoms with Crippen LogP contribution in [-0.2, 0) is 23.7 Å². The maximum absolute atomic E-state index is 11.8. The predicted molar refractivity (Wildman–Crippen MR) is 87.2 cm³/mol. The molecule has 0 N–H and O–H groups in total. The Bertz CT molecular complexity index is 375. The largest absolute Gasteiger partial charge is 0.508 e. The molecule has 0 amide bonds. The van der Waals surface area contributed by atoms with Crippen molar-refractivity contribution < 1.29 is 28.5 Å². The standard InChI is InChI=1S/C17H32O6/c1-8-16(4,5)14(18)21-12-13(3)23-15(19)20-10-11-22-17(6,7)9-2/h13H,8-12H2,1-7H3. The summed E-state index contributed by atoms with van der Waals surface area (Å²) in [6.07, 6.45) is 0.193. The third-order valence-electron chi connectivity index (χ3n) is 3.83. The number of ether oxygens (including phenoxy) is 4. The smallest absolute Gasteiger partial charge is 0.461 e. The summed E-state index contributed by atoms with van der Waals surface area (Å²) in [6, 6.07) is 0. The van der Waals surface area contributed by atoms with Crippen LogP contribution < -0.4 is 0 Å². The molecule has 1 atom stereocenters. The van der Waals surface area contributed by atoms with Crippen LogP contribution in [-0.4, -0.2) is 43.7 Å². The van der Waals surface area contributed by atoms with Gasteiger partial charge in [0.2, 0.25) is 0 Å². The molecular formula is C17H32O6. The average Bonchev–Trinajstić information content (AvgIpc) is 2.49. The number of hydrogen-bond acceptors (Lipinski definition) is 6. The van der Waals surface area contributed by atoms with Gasteiger partial charge in [0, 0.05) is 0 Å². The van der Waals surface area contributed by atoms with Gasteiger partial charge in [-0.2, -0.15) is 0 Å². The summed E-state index contributed by atoms with van der Waals surface area (Å²) in [6.45, 7) is 13.6. The molecule has 0 rings (SSSR count). The van der Waals surface area contributed by atoms with E-state index in [0.717, 1.165) is 6.42 Å². The summed E-state index contributed by atoms with van der Waals surface area (Å²) >= 11 is 0. The molecule has 0 aliphatic heterocycles. The Hall–Kier alpha value is -1.30. The van der Waals surface area contributed by atoms with E-state index in [0.29, 0.717) is 13.0 Å². The Morgan fingerprint density at radius 3 is 2.09 bits per heavy atom. The molecule has 1 unspecified atom stereocenters. The molecule has 0 aliphatic rings. The molecule has 0 spiro atoms. The predicted octanol–water partition coefficient (Wildman–Crippen LogP) is 3.71. The van der Waals surface area contributed by atoms with Crippen molar-refractivity contribution in [1.29, 1.82) is 0 Å². The maximum Gasteiger partial charge on any atom is 0.508 e. The molecule has 6 heteroatoms. The second kappa shape index (κ2) is 9.75. The molecule has 0 aromatic carbocycles. The van der Waals surface area contributed by atoms with Gasteiger partial charge in [-0.15, -0.1) is 0 Å². The molecule has 0 aliphatic carbocycles. The van der Waals surface area contributed by atoms with E-state index < -0.39 is 17.7 Å². The van der Waals surface area contributed by atoms with Crippen LogP contribution in [0.25, 0.3) is 0 Å². The van der Waals surface area contributed by atoms with E-state index >= 15 is 0 Å². The van der Waals surface area contributed by atoms with Crippen LogP contribution in [0.2, 0.25) is 0 Å². The van der Waals surface area contributed by atoms with Gasteiger partial charge < -0.3 is 18.9 Å². The molecule has 0 radical (unpaired) electrons. The lowest BCUT2D eigenvalue weighted by Gasteiger charge is -2.23. The molecule has 0 bridgehead atoms. The maximum atomic E-state index is 11.8. The van der Waals surface area contributed by atoms with Gasteiger partial charge in [0.05, 0.1) is 17.6 Å². The monoisotopic (exact) mass is 332 g/mol. The summed E-state index contributed by atoms with van der Waals surface area (Å²) < 4.78 is 20.6. The fourth-order valence-electron chi connectivity index (χ4n) is 1.31. The first-order valence-electron chi connectivity index (χ1n) is 8.18. The van der Waals surface area contributed by atoms with Crippen molar-refractivity contribution in [2.24, 2.45) is 5.41 Å². The third kappa shape index (κ3) is 9.43. The van der Waals surface area contributed by atoms with Gasteiger partial charge in [-0.1, -0.05) is 13.8 Å². The van der Waals surface area contributed by atoms with Gasteiger partial charge in [-0.05, 0) is 47.5 Å². The summed E-state index contributed by atoms with van der Waals surface area (Å²) in [5.74, 6) is -0.306. The number of carbonyl (C=O) groups excluding carboxylic acids is 2. The highest BCUT2D eigenvalue weighted by Crippen LogP contribution is 2.21. The van der Waals surface area contributed by atoms with Crippen LogP contribution in [0.5, 0.6) is 0 Å². The number of rotatable bonds is 10. The molecular weight excluding hydrogens is 300 g/mol. The number of carbonyl (C=O) groups is 2. The Kier molecular flexibility index (Phi) is 9.20.